The molecule has 3 aromatic rings. The lowest BCUT2D eigenvalue weighted by Gasteiger charge is -2.15. The molecule has 8 heteroatoms. The standard InChI is InChI=1S/C16H15N3O3.C9H13NO/c17-14(18)11-7-4-8-12(9-11)15(20)19-13(16(21)22)10-5-2-1-3-6-10;1-11-9-4-2-8(3-5-9)6-7-10/h1-9,13H,(H3,17,18)(H,19,20)(H,21,22);2-5H,6-7,10H2,1H3/t13-;/m1./s1. The fraction of sp³-hybridized carbons (Fsp3) is 0.160. The summed E-state index contributed by atoms with van der Waals surface area (Å²) in [6.07, 6.45) is 0.935. The number of ether oxygens (including phenoxy) is 1. The van der Waals surface area contributed by atoms with Gasteiger partial charge in [0, 0.05) is 11.1 Å². The normalized spacial score (nSPS) is 10.8. The minimum absolute atomic E-state index is 0.160. The fourth-order valence-corrected chi connectivity index (χ4v) is 2.93. The highest BCUT2D eigenvalue weighted by Crippen LogP contribution is 2.14. The number of nitrogens with two attached hydrogens (primary N) is 2. The lowest BCUT2D eigenvalue weighted by atomic mass is 10.1. The minimum atomic E-state index is -1.15. The van der Waals surface area contributed by atoms with Crippen molar-refractivity contribution in [3.05, 3.63) is 101 Å². The van der Waals surface area contributed by atoms with Crippen molar-refractivity contribution in [2.75, 3.05) is 13.7 Å². The number of nitrogens with one attached hydrogen (secondary N) is 2. The van der Waals surface area contributed by atoms with E-state index in [0.717, 1.165) is 12.2 Å². The second kappa shape index (κ2) is 12.6. The fourth-order valence-electron chi connectivity index (χ4n) is 2.93. The SMILES string of the molecule is COc1ccc(CCN)cc1.N=C(N)c1cccc(C(=O)N[C@@H](C(=O)O)c2ccccc2)c1. The van der Waals surface area contributed by atoms with Gasteiger partial charge in [-0.1, -0.05) is 54.6 Å². The molecule has 172 valence electrons. The van der Waals surface area contributed by atoms with Crippen LogP contribution in [0.2, 0.25) is 0 Å². The first-order valence-corrected chi connectivity index (χ1v) is 10.2. The predicted octanol–water partition coefficient (Wildman–Crippen LogP) is 2.72. The van der Waals surface area contributed by atoms with Gasteiger partial charge in [0.2, 0.25) is 0 Å². The molecule has 0 aliphatic rings. The molecule has 0 spiro atoms. The van der Waals surface area contributed by atoms with Crippen LogP contribution in [-0.2, 0) is 11.2 Å². The van der Waals surface area contributed by atoms with Gasteiger partial charge < -0.3 is 26.6 Å². The van der Waals surface area contributed by atoms with E-state index in [-0.39, 0.29) is 11.4 Å². The number of carboxylic acids is 1. The average Bonchev–Trinajstić information content (AvgIpc) is 2.84. The number of benzene rings is 3. The van der Waals surface area contributed by atoms with Crippen LogP contribution >= 0.6 is 0 Å². The summed E-state index contributed by atoms with van der Waals surface area (Å²) in [6, 6.07) is 21.4. The smallest absolute Gasteiger partial charge is 0.330 e. The lowest BCUT2D eigenvalue weighted by Crippen LogP contribution is -2.33. The van der Waals surface area contributed by atoms with E-state index in [2.05, 4.69) is 5.32 Å². The van der Waals surface area contributed by atoms with Crippen molar-refractivity contribution in [3.63, 3.8) is 0 Å². The Labute approximate surface area is 192 Å². The van der Waals surface area contributed by atoms with Crippen LogP contribution in [0.25, 0.3) is 0 Å². The summed E-state index contributed by atoms with van der Waals surface area (Å²) >= 11 is 0. The molecule has 0 bridgehead atoms. The highest BCUT2D eigenvalue weighted by Gasteiger charge is 2.22. The van der Waals surface area contributed by atoms with Gasteiger partial charge in [-0.25, -0.2) is 4.79 Å². The monoisotopic (exact) mass is 448 g/mol. The Balaban J connectivity index is 0.000000294. The molecule has 0 aliphatic heterocycles. The lowest BCUT2D eigenvalue weighted by molar-refractivity contribution is -0.139. The average molecular weight is 449 g/mol. The van der Waals surface area contributed by atoms with Crippen LogP contribution in [0, 0.1) is 5.41 Å². The Morgan fingerprint density at radius 1 is 1.00 bits per heavy atom. The van der Waals surface area contributed by atoms with Gasteiger partial charge in [-0.2, -0.15) is 0 Å². The van der Waals surface area contributed by atoms with Crippen LogP contribution in [0.3, 0.4) is 0 Å². The number of carboxylic acid groups (broad SMARTS) is 1. The third-order valence-electron chi connectivity index (χ3n) is 4.68. The molecule has 1 amide bonds. The van der Waals surface area contributed by atoms with Crippen molar-refractivity contribution in [2.24, 2.45) is 11.5 Å². The van der Waals surface area contributed by atoms with E-state index in [4.69, 9.17) is 21.6 Å². The van der Waals surface area contributed by atoms with E-state index in [1.54, 1.807) is 49.6 Å². The van der Waals surface area contributed by atoms with Crippen LogP contribution in [0.1, 0.15) is 33.1 Å². The Bertz CT molecular complexity index is 1070. The number of aliphatic carboxylic acids is 1. The zero-order valence-electron chi connectivity index (χ0n) is 18.3. The molecule has 0 fully saturated rings. The quantitative estimate of drug-likeness (QED) is 0.264. The first kappa shape index (κ1) is 25.1. The van der Waals surface area contributed by atoms with E-state index in [1.165, 1.54) is 17.7 Å². The number of amidine groups is 1. The van der Waals surface area contributed by atoms with E-state index in [0.29, 0.717) is 17.7 Å². The van der Waals surface area contributed by atoms with E-state index in [9.17, 15) is 14.7 Å². The van der Waals surface area contributed by atoms with Crippen molar-refractivity contribution in [1.29, 1.82) is 5.41 Å². The molecule has 0 aliphatic carbocycles. The summed E-state index contributed by atoms with van der Waals surface area (Å²) in [5.41, 5.74) is 13.2. The zero-order chi connectivity index (χ0) is 24.2. The summed E-state index contributed by atoms with van der Waals surface area (Å²) in [5, 5.41) is 19.1. The van der Waals surface area contributed by atoms with Crippen molar-refractivity contribution >= 4 is 17.7 Å². The molecule has 0 aromatic heterocycles. The maximum atomic E-state index is 12.2. The van der Waals surface area contributed by atoms with E-state index < -0.39 is 17.9 Å². The summed E-state index contributed by atoms with van der Waals surface area (Å²) in [4.78, 5) is 23.6. The number of hydrogen-bond acceptors (Lipinski definition) is 5. The number of amides is 1. The third kappa shape index (κ3) is 7.79. The van der Waals surface area contributed by atoms with Gasteiger partial charge >= 0.3 is 5.97 Å². The van der Waals surface area contributed by atoms with Gasteiger partial charge in [0.05, 0.1) is 7.11 Å². The Morgan fingerprint density at radius 3 is 2.18 bits per heavy atom. The molecular weight excluding hydrogens is 420 g/mol. The molecular formula is C25H28N4O4. The number of carbonyl (C=O) groups excluding carboxylic acids is 1. The number of methoxy groups -OCH3 is 1. The van der Waals surface area contributed by atoms with E-state index in [1.807, 2.05) is 24.3 Å². The number of carbonyl (C=O) groups is 2. The van der Waals surface area contributed by atoms with Gasteiger partial charge in [0.25, 0.3) is 5.91 Å². The third-order valence-corrected chi connectivity index (χ3v) is 4.68. The van der Waals surface area contributed by atoms with Crippen LogP contribution in [0.4, 0.5) is 0 Å². The zero-order valence-corrected chi connectivity index (χ0v) is 18.3. The molecule has 0 heterocycles. The number of rotatable bonds is 8. The minimum Gasteiger partial charge on any atom is -0.497 e. The van der Waals surface area contributed by atoms with Crippen LogP contribution < -0.4 is 21.5 Å². The number of hydrogen-bond donors (Lipinski definition) is 5. The highest BCUT2D eigenvalue weighted by molar-refractivity contribution is 6.01. The Kier molecular flexibility index (Phi) is 9.60. The second-order valence-electron chi connectivity index (χ2n) is 7.04. The predicted molar refractivity (Wildman–Crippen MR) is 127 cm³/mol. The van der Waals surface area contributed by atoms with Gasteiger partial charge in [0.15, 0.2) is 6.04 Å². The summed E-state index contributed by atoms with van der Waals surface area (Å²) in [7, 11) is 1.66. The van der Waals surface area contributed by atoms with Gasteiger partial charge in [-0.05, 0) is 48.4 Å². The van der Waals surface area contributed by atoms with Gasteiger partial charge in [-0.15, -0.1) is 0 Å². The summed E-state index contributed by atoms with van der Waals surface area (Å²) in [5.74, 6) is -0.958. The van der Waals surface area contributed by atoms with E-state index >= 15 is 0 Å². The van der Waals surface area contributed by atoms with Gasteiger partial charge in [0.1, 0.15) is 11.6 Å². The molecule has 3 aromatic carbocycles. The molecule has 0 radical (unpaired) electrons. The van der Waals surface area contributed by atoms with Crippen LogP contribution in [0.5, 0.6) is 5.75 Å². The van der Waals surface area contributed by atoms with Crippen LogP contribution in [-0.4, -0.2) is 36.5 Å². The summed E-state index contributed by atoms with van der Waals surface area (Å²) < 4.78 is 5.02. The molecule has 1 atom stereocenters. The molecule has 3 rings (SSSR count). The molecule has 0 saturated carbocycles. The van der Waals surface area contributed by atoms with Crippen molar-refractivity contribution in [2.45, 2.75) is 12.5 Å². The molecule has 0 unspecified atom stereocenters. The Hall–Kier alpha value is -4.17. The Morgan fingerprint density at radius 2 is 1.64 bits per heavy atom. The summed E-state index contributed by atoms with van der Waals surface area (Å²) in [6.45, 7) is 0.701. The number of nitrogen functional groups attached to an aromatic ring is 1. The largest absolute Gasteiger partial charge is 0.497 e. The van der Waals surface area contributed by atoms with Gasteiger partial charge in [-0.3, -0.25) is 10.2 Å². The first-order valence-electron chi connectivity index (χ1n) is 10.2. The van der Waals surface area contributed by atoms with Crippen molar-refractivity contribution in [1.82, 2.24) is 5.32 Å². The van der Waals surface area contributed by atoms with Crippen molar-refractivity contribution < 1.29 is 19.4 Å². The second-order valence-corrected chi connectivity index (χ2v) is 7.04. The van der Waals surface area contributed by atoms with Crippen LogP contribution in [0.15, 0.2) is 78.9 Å². The maximum Gasteiger partial charge on any atom is 0.330 e. The maximum absolute atomic E-state index is 12.2. The van der Waals surface area contributed by atoms with Crippen molar-refractivity contribution in [3.8, 4) is 5.75 Å². The molecule has 33 heavy (non-hydrogen) atoms. The first-order chi connectivity index (χ1) is 15.8. The molecule has 0 saturated heterocycles. The molecule has 8 nitrogen and oxygen atoms in total. The highest BCUT2D eigenvalue weighted by atomic mass is 16.5. The topological polar surface area (TPSA) is 152 Å². The molecule has 7 N–H and O–H groups in total.